The fourth-order valence-electron chi connectivity index (χ4n) is 0.843. The minimum absolute atomic E-state index is 0.466. The lowest BCUT2D eigenvalue weighted by Crippen LogP contribution is -2.51. The van der Waals surface area contributed by atoms with Crippen molar-refractivity contribution >= 4 is 0 Å². The van der Waals surface area contributed by atoms with Crippen molar-refractivity contribution in [3.05, 3.63) is 0 Å². The van der Waals surface area contributed by atoms with Gasteiger partial charge in [-0.25, -0.2) is 0 Å². The van der Waals surface area contributed by atoms with Crippen molar-refractivity contribution in [1.29, 1.82) is 0 Å². The summed E-state index contributed by atoms with van der Waals surface area (Å²) in [5.74, 6) is 0. The van der Waals surface area contributed by atoms with Crippen LogP contribution in [0.2, 0.25) is 0 Å². The average molecular weight is 159 g/mol. The van der Waals surface area contributed by atoms with Crippen LogP contribution >= 0.6 is 0 Å². The van der Waals surface area contributed by atoms with Crippen molar-refractivity contribution in [2.45, 2.75) is 31.9 Å². The highest BCUT2D eigenvalue weighted by Crippen LogP contribution is 2.08. The number of ether oxygens (including phenoxy) is 1. The molecule has 3 nitrogen and oxygen atoms in total. The molecule has 1 aliphatic heterocycles. The normalized spacial score (nSPS) is 24.3. The van der Waals surface area contributed by atoms with E-state index in [1.807, 2.05) is 13.8 Å². The minimum atomic E-state index is -0.560. The van der Waals surface area contributed by atoms with Crippen molar-refractivity contribution < 1.29 is 9.84 Å². The molecule has 3 heteroatoms. The van der Waals surface area contributed by atoms with E-state index in [1.54, 1.807) is 0 Å². The third kappa shape index (κ3) is 2.77. The summed E-state index contributed by atoms with van der Waals surface area (Å²) in [6.07, 6.45) is 0.785. The molecule has 0 aromatic heterocycles. The molecule has 0 saturated carbocycles. The lowest BCUT2D eigenvalue weighted by atomic mass is 10.0. The van der Waals surface area contributed by atoms with Crippen LogP contribution in [0, 0.1) is 0 Å². The molecule has 1 aliphatic rings. The quantitative estimate of drug-likeness (QED) is 0.613. The van der Waals surface area contributed by atoms with Crippen molar-refractivity contribution in [2.24, 2.45) is 0 Å². The maximum atomic E-state index is 9.59. The molecule has 0 spiro atoms. The molecule has 0 aliphatic carbocycles. The van der Waals surface area contributed by atoms with Gasteiger partial charge in [-0.1, -0.05) is 6.92 Å². The molecular weight excluding hydrogens is 142 g/mol. The van der Waals surface area contributed by atoms with Crippen LogP contribution in [0.1, 0.15) is 20.3 Å². The number of nitrogens with one attached hydrogen (secondary N) is 1. The highest BCUT2D eigenvalue weighted by Gasteiger charge is 2.22. The van der Waals surface area contributed by atoms with E-state index in [-0.39, 0.29) is 0 Å². The van der Waals surface area contributed by atoms with Gasteiger partial charge in [0.15, 0.2) is 0 Å². The Morgan fingerprint density at radius 3 is 2.64 bits per heavy atom. The number of hydrogen-bond donors (Lipinski definition) is 2. The first-order chi connectivity index (χ1) is 5.14. The SMILES string of the molecule is CCC(C)(O)CNC1COC1. The Kier molecular flexibility index (Phi) is 2.87. The van der Waals surface area contributed by atoms with Crippen LogP contribution in [-0.4, -0.2) is 36.5 Å². The third-order valence-corrected chi connectivity index (χ3v) is 2.17. The zero-order valence-corrected chi connectivity index (χ0v) is 7.26. The molecule has 66 valence electrons. The van der Waals surface area contributed by atoms with E-state index in [1.165, 1.54) is 0 Å². The fourth-order valence-corrected chi connectivity index (χ4v) is 0.843. The number of hydrogen-bond acceptors (Lipinski definition) is 3. The summed E-state index contributed by atoms with van der Waals surface area (Å²) in [7, 11) is 0. The predicted octanol–water partition coefficient (Wildman–Crippen LogP) is 0.136. The third-order valence-electron chi connectivity index (χ3n) is 2.17. The molecule has 2 N–H and O–H groups in total. The second-order valence-corrected chi connectivity index (χ2v) is 3.47. The van der Waals surface area contributed by atoms with Crippen LogP contribution in [0.3, 0.4) is 0 Å². The first kappa shape index (κ1) is 8.97. The van der Waals surface area contributed by atoms with Gasteiger partial charge in [-0.3, -0.25) is 0 Å². The molecule has 1 rings (SSSR count). The summed E-state index contributed by atoms with van der Waals surface area (Å²) in [5, 5.41) is 12.8. The van der Waals surface area contributed by atoms with Gasteiger partial charge in [0, 0.05) is 6.54 Å². The van der Waals surface area contributed by atoms with E-state index in [0.29, 0.717) is 12.6 Å². The molecular formula is C8H17NO2. The van der Waals surface area contributed by atoms with Gasteiger partial charge in [0.2, 0.25) is 0 Å². The fraction of sp³-hybridized carbons (Fsp3) is 1.00. The van der Waals surface area contributed by atoms with Crippen LogP contribution in [-0.2, 0) is 4.74 Å². The van der Waals surface area contributed by atoms with Crippen molar-refractivity contribution in [3.63, 3.8) is 0 Å². The van der Waals surface area contributed by atoms with Crippen LogP contribution in [0.4, 0.5) is 0 Å². The van der Waals surface area contributed by atoms with E-state index in [4.69, 9.17) is 4.74 Å². The van der Waals surface area contributed by atoms with Crippen LogP contribution in [0.25, 0.3) is 0 Å². The summed E-state index contributed by atoms with van der Waals surface area (Å²) in [4.78, 5) is 0. The van der Waals surface area contributed by atoms with E-state index in [9.17, 15) is 5.11 Å². The largest absolute Gasteiger partial charge is 0.389 e. The van der Waals surface area contributed by atoms with Gasteiger partial charge in [-0.15, -0.1) is 0 Å². The summed E-state index contributed by atoms with van der Waals surface area (Å²) in [6, 6.07) is 0.466. The molecule has 11 heavy (non-hydrogen) atoms. The predicted molar refractivity (Wildman–Crippen MR) is 43.5 cm³/mol. The van der Waals surface area contributed by atoms with Gasteiger partial charge >= 0.3 is 0 Å². The topological polar surface area (TPSA) is 41.5 Å². The molecule has 1 saturated heterocycles. The molecule has 0 radical (unpaired) electrons. The van der Waals surface area contributed by atoms with Gasteiger partial charge < -0.3 is 15.2 Å². The summed E-state index contributed by atoms with van der Waals surface area (Å²) in [6.45, 7) is 6.08. The van der Waals surface area contributed by atoms with Crippen molar-refractivity contribution in [1.82, 2.24) is 5.32 Å². The molecule has 0 bridgehead atoms. The van der Waals surface area contributed by atoms with E-state index >= 15 is 0 Å². The molecule has 1 atom stereocenters. The van der Waals surface area contributed by atoms with E-state index in [2.05, 4.69) is 5.32 Å². The van der Waals surface area contributed by atoms with Crippen molar-refractivity contribution in [3.8, 4) is 0 Å². The lowest BCUT2D eigenvalue weighted by molar-refractivity contribution is -0.0207. The summed E-state index contributed by atoms with van der Waals surface area (Å²) < 4.78 is 4.99. The zero-order valence-electron chi connectivity index (χ0n) is 7.26. The van der Waals surface area contributed by atoms with E-state index in [0.717, 1.165) is 19.6 Å². The second-order valence-electron chi connectivity index (χ2n) is 3.47. The summed E-state index contributed by atoms with van der Waals surface area (Å²) >= 11 is 0. The molecule has 0 aromatic carbocycles. The maximum absolute atomic E-state index is 9.59. The smallest absolute Gasteiger partial charge is 0.0741 e. The van der Waals surface area contributed by atoms with Gasteiger partial charge in [0.1, 0.15) is 0 Å². The van der Waals surface area contributed by atoms with Gasteiger partial charge in [-0.05, 0) is 13.3 Å². The molecule has 1 fully saturated rings. The lowest BCUT2D eigenvalue weighted by Gasteiger charge is -2.31. The highest BCUT2D eigenvalue weighted by atomic mass is 16.5. The molecule has 0 amide bonds. The summed E-state index contributed by atoms with van der Waals surface area (Å²) in [5.41, 5.74) is -0.560. The minimum Gasteiger partial charge on any atom is -0.389 e. The van der Waals surface area contributed by atoms with Crippen molar-refractivity contribution in [2.75, 3.05) is 19.8 Å². The van der Waals surface area contributed by atoms with E-state index < -0.39 is 5.60 Å². The second kappa shape index (κ2) is 3.52. The number of rotatable bonds is 4. The highest BCUT2D eigenvalue weighted by molar-refractivity contribution is 4.79. The first-order valence-electron chi connectivity index (χ1n) is 4.17. The van der Waals surface area contributed by atoms with Gasteiger partial charge in [-0.2, -0.15) is 0 Å². The number of aliphatic hydroxyl groups is 1. The van der Waals surface area contributed by atoms with Crippen LogP contribution < -0.4 is 5.32 Å². The van der Waals surface area contributed by atoms with Crippen LogP contribution in [0.15, 0.2) is 0 Å². The zero-order chi connectivity index (χ0) is 8.32. The molecule has 0 aromatic rings. The Hall–Kier alpha value is -0.120. The first-order valence-corrected chi connectivity index (χ1v) is 4.17. The van der Waals surface area contributed by atoms with Crippen LogP contribution in [0.5, 0.6) is 0 Å². The Morgan fingerprint density at radius 2 is 2.27 bits per heavy atom. The maximum Gasteiger partial charge on any atom is 0.0741 e. The Bertz CT molecular complexity index is 121. The average Bonchev–Trinajstić information content (AvgIpc) is 1.84. The Labute approximate surface area is 67.7 Å². The Morgan fingerprint density at radius 1 is 1.64 bits per heavy atom. The standard InChI is InChI=1S/C8H17NO2/c1-3-8(2,10)6-9-7-4-11-5-7/h7,9-10H,3-6H2,1-2H3. The van der Waals surface area contributed by atoms with Gasteiger partial charge in [0.25, 0.3) is 0 Å². The molecule has 1 unspecified atom stereocenters. The molecule has 1 heterocycles. The van der Waals surface area contributed by atoms with Gasteiger partial charge in [0.05, 0.1) is 24.9 Å². The Balaban J connectivity index is 2.09. The monoisotopic (exact) mass is 159 g/mol.